The smallest absolute Gasteiger partial charge is 0.312 e. The number of carbonyl (C=O) groups excluding carboxylic acids is 1. The molecule has 0 saturated carbocycles. The molecule has 8 nitrogen and oxygen atoms in total. The topological polar surface area (TPSA) is 104 Å². The average Bonchev–Trinajstić information content (AvgIpc) is 3.44. The predicted molar refractivity (Wildman–Crippen MR) is 117 cm³/mol. The van der Waals surface area contributed by atoms with Crippen LogP contribution in [-0.2, 0) is 4.79 Å². The van der Waals surface area contributed by atoms with Crippen molar-refractivity contribution < 1.29 is 19.4 Å². The fraction of sp³-hybridized carbons (Fsp3) is 0.435. The van der Waals surface area contributed by atoms with Gasteiger partial charge in [0.25, 0.3) is 5.91 Å². The molecular weight excluding hydrogens is 396 g/mol. The number of nitrogens with zero attached hydrogens (tertiary/aromatic N) is 2. The van der Waals surface area contributed by atoms with Crippen LogP contribution in [0, 0.1) is 0 Å². The highest BCUT2D eigenvalue weighted by atomic mass is 16.5. The zero-order valence-corrected chi connectivity index (χ0v) is 17.6. The first-order valence-corrected chi connectivity index (χ1v) is 10.8. The highest BCUT2D eigenvalue weighted by Gasteiger charge is 2.29. The van der Waals surface area contributed by atoms with Crippen molar-refractivity contribution in [3.8, 4) is 11.5 Å². The number of aromatic nitrogens is 1. The molecule has 2 unspecified atom stereocenters. The molecule has 2 atom stereocenters. The van der Waals surface area contributed by atoms with E-state index in [1.54, 1.807) is 30.5 Å². The molecule has 1 saturated heterocycles. The van der Waals surface area contributed by atoms with Crippen molar-refractivity contribution >= 4 is 17.6 Å². The van der Waals surface area contributed by atoms with Crippen LogP contribution in [0.25, 0.3) is 0 Å². The van der Waals surface area contributed by atoms with Gasteiger partial charge < -0.3 is 25.4 Å². The van der Waals surface area contributed by atoms with Crippen molar-refractivity contribution in [2.75, 3.05) is 31.5 Å². The van der Waals surface area contributed by atoms with Crippen molar-refractivity contribution in [2.24, 2.45) is 0 Å². The van der Waals surface area contributed by atoms with Crippen LogP contribution in [0.4, 0.5) is 5.69 Å². The molecule has 0 spiro atoms. The molecule has 1 aromatic heterocycles. The number of benzene rings is 1. The molecule has 8 heteroatoms. The van der Waals surface area contributed by atoms with Gasteiger partial charge >= 0.3 is 5.97 Å². The Morgan fingerprint density at radius 3 is 2.81 bits per heavy atom. The second kappa shape index (κ2) is 9.34. The third-order valence-corrected chi connectivity index (χ3v) is 5.87. The Balaban J connectivity index is 1.52. The van der Waals surface area contributed by atoms with Gasteiger partial charge in [-0.25, -0.2) is 0 Å². The SMILES string of the molecule is CCCCN(C(=O)c1cc(Oc2ccc3c(c2)C(C(=O)O)CN3)ccn1)C1CCNC1. The second-order valence-electron chi connectivity index (χ2n) is 8.00. The third kappa shape index (κ3) is 4.64. The number of fused-ring (bicyclic) bond motifs is 1. The highest BCUT2D eigenvalue weighted by molar-refractivity contribution is 5.93. The Bertz CT molecular complexity index is 958. The van der Waals surface area contributed by atoms with Crippen LogP contribution in [0.3, 0.4) is 0 Å². The summed E-state index contributed by atoms with van der Waals surface area (Å²) in [5.74, 6) is -0.525. The largest absolute Gasteiger partial charge is 0.481 e. The van der Waals surface area contributed by atoms with Gasteiger partial charge in [0, 0.05) is 43.6 Å². The number of carboxylic acids is 1. The number of rotatable bonds is 8. The Hall–Kier alpha value is -3.13. The summed E-state index contributed by atoms with van der Waals surface area (Å²) in [5, 5.41) is 15.8. The first-order chi connectivity index (χ1) is 15.1. The van der Waals surface area contributed by atoms with E-state index >= 15 is 0 Å². The summed E-state index contributed by atoms with van der Waals surface area (Å²) in [4.78, 5) is 30.9. The number of hydrogen-bond acceptors (Lipinski definition) is 6. The van der Waals surface area contributed by atoms with Crippen molar-refractivity contribution in [2.45, 2.75) is 38.1 Å². The minimum Gasteiger partial charge on any atom is -0.481 e. The van der Waals surface area contributed by atoms with E-state index < -0.39 is 11.9 Å². The van der Waals surface area contributed by atoms with Crippen LogP contribution in [0.1, 0.15) is 48.2 Å². The summed E-state index contributed by atoms with van der Waals surface area (Å²) in [6.07, 6.45) is 4.49. The number of amides is 1. The van der Waals surface area contributed by atoms with Crippen LogP contribution in [0.15, 0.2) is 36.5 Å². The molecule has 0 bridgehead atoms. The van der Waals surface area contributed by atoms with Gasteiger partial charge in [0.1, 0.15) is 23.1 Å². The minimum atomic E-state index is -0.867. The zero-order valence-electron chi connectivity index (χ0n) is 17.6. The van der Waals surface area contributed by atoms with Gasteiger partial charge in [0.15, 0.2) is 0 Å². The maximum atomic E-state index is 13.2. The van der Waals surface area contributed by atoms with Crippen molar-refractivity contribution in [3.63, 3.8) is 0 Å². The monoisotopic (exact) mass is 424 g/mol. The van der Waals surface area contributed by atoms with Crippen molar-refractivity contribution in [1.29, 1.82) is 0 Å². The standard InChI is InChI=1S/C23H28N4O4/c1-2-3-10-27(15-6-8-24-13-15)22(28)21-12-17(7-9-25-21)31-16-4-5-20-18(11-16)19(14-26-20)23(29)30/h4-5,7,9,11-12,15,19,24,26H,2-3,6,8,10,13-14H2,1H3,(H,29,30). The number of carboxylic acid groups (broad SMARTS) is 1. The number of carbonyl (C=O) groups is 2. The Kier molecular flexibility index (Phi) is 6.36. The molecule has 164 valence electrons. The Morgan fingerprint density at radius 2 is 2.06 bits per heavy atom. The molecule has 0 aliphatic carbocycles. The van der Waals surface area contributed by atoms with Crippen molar-refractivity contribution in [1.82, 2.24) is 15.2 Å². The summed E-state index contributed by atoms with van der Waals surface area (Å²) in [7, 11) is 0. The summed E-state index contributed by atoms with van der Waals surface area (Å²) in [5.41, 5.74) is 1.86. The molecule has 2 aliphatic rings. The van der Waals surface area contributed by atoms with E-state index in [0.717, 1.165) is 38.0 Å². The first-order valence-electron chi connectivity index (χ1n) is 10.8. The zero-order chi connectivity index (χ0) is 21.8. The van der Waals surface area contributed by atoms with Gasteiger partial charge in [-0.15, -0.1) is 0 Å². The van der Waals surface area contributed by atoms with Gasteiger partial charge in [-0.3, -0.25) is 14.6 Å². The molecule has 1 aromatic carbocycles. The molecule has 3 N–H and O–H groups in total. The van der Waals surface area contributed by atoms with Gasteiger partial charge in [0.2, 0.25) is 0 Å². The Morgan fingerprint density at radius 1 is 1.23 bits per heavy atom. The molecule has 3 heterocycles. The molecule has 1 fully saturated rings. The van der Waals surface area contributed by atoms with E-state index in [1.807, 2.05) is 11.0 Å². The van der Waals surface area contributed by atoms with Crippen LogP contribution < -0.4 is 15.4 Å². The van der Waals surface area contributed by atoms with E-state index in [9.17, 15) is 14.7 Å². The first kappa shape index (κ1) is 21.1. The summed E-state index contributed by atoms with van der Waals surface area (Å²) < 4.78 is 5.97. The maximum Gasteiger partial charge on any atom is 0.312 e. The van der Waals surface area contributed by atoms with Crippen LogP contribution in [0.5, 0.6) is 11.5 Å². The summed E-state index contributed by atoms with van der Waals surface area (Å²) in [6, 6.07) is 8.89. The summed E-state index contributed by atoms with van der Waals surface area (Å²) >= 11 is 0. The van der Waals surface area contributed by atoms with E-state index in [4.69, 9.17) is 4.74 Å². The van der Waals surface area contributed by atoms with Gasteiger partial charge in [-0.05, 0) is 49.2 Å². The van der Waals surface area contributed by atoms with Gasteiger partial charge in [0.05, 0.1) is 0 Å². The number of anilines is 1. The number of hydrogen-bond donors (Lipinski definition) is 3. The molecule has 2 aliphatic heterocycles. The fourth-order valence-electron chi connectivity index (χ4n) is 4.15. The number of aliphatic carboxylic acids is 1. The van der Waals surface area contributed by atoms with Crippen molar-refractivity contribution in [3.05, 3.63) is 47.8 Å². The van der Waals surface area contributed by atoms with E-state index in [2.05, 4.69) is 22.5 Å². The molecule has 2 aromatic rings. The van der Waals surface area contributed by atoms with Crippen LogP contribution >= 0.6 is 0 Å². The van der Waals surface area contributed by atoms with E-state index in [1.165, 1.54) is 0 Å². The van der Waals surface area contributed by atoms with Gasteiger partial charge in [-0.1, -0.05) is 13.3 Å². The molecule has 1 amide bonds. The van der Waals surface area contributed by atoms with E-state index in [0.29, 0.717) is 35.8 Å². The van der Waals surface area contributed by atoms with Crippen LogP contribution in [0.2, 0.25) is 0 Å². The fourth-order valence-corrected chi connectivity index (χ4v) is 4.15. The lowest BCUT2D eigenvalue weighted by atomic mass is 10.0. The number of ether oxygens (including phenoxy) is 1. The predicted octanol–water partition coefficient (Wildman–Crippen LogP) is 3.07. The molecular formula is C23H28N4O4. The molecule has 31 heavy (non-hydrogen) atoms. The third-order valence-electron chi connectivity index (χ3n) is 5.87. The quantitative estimate of drug-likeness (QED) is 0.598. The minimum absolute atomic E-state index is 0.0864. The lowest BCUT2D eigenvalue weighted by Gasteiger charge is -2.28. The maximum absolute atomic E-state index is 13.2. The number of unbranched alkanes of at least 4 members (excludes halogenated alkanes) is 1. The normalized spacial score (nSPS) is 19.5. The molecule has 4 rings (SSSR count). The number of pyridine rings is 1. The average molecular weight is 425 g/mol. The lowest BCUT2D eigenvalue weighted by Crippen LogP contribution is -2.42. The highest BCUT2D eigenvalue weighted by Crippen LogP contribution is 2.35. The second-order valence-corrected chi connectivity index (χ2v) is 8.00. The lowest BCUT2D eigenvalue weighted by molar-refractivity contribution is -0.138. The van der Waals surface area contributed by atoms with Crippen LogP contribution in [-0.4, -0.2) is 59.1 Å². The molecule has 0 radical (unpaired) electrons. The summed E-state index contributed by atoms with van der Waals surface area (Å²) in [6.45, 7) is 4.92. The number of nitrogens with one attached hydrogen (secondary N) is 2. The van der Waals surface area contributed by atoms with E-state index in [-0.39, 0.29) is 11.9 Å². The Labute approximate surface area is 181 Å². The van der Waals surface area contributed by atoms with Gasteiger partial charge in [-0.2, -0.15) is 0 Å².